The van der Waals surface area contributed by atoms with Gasteiger partial charge in [-0.25, -0.2) is 9.18 Å². The van der Waals surface area contributed by atoms with E-state index in [4.69, 9.17) is 4.74 Å². The Bertz CT molecular complexity index is 813. The number of hydrogen-bond acceptors (Lipinski definition) is 3. The van der Waals surface area contributed by atoms with Crippen molar-refractivity contribution in [3.8, 4) is 0 Å². The Hall–Kier alpha value is -2.27. The van der Waals surface area contributed by atoms with Gasteiger partial charge in [-0.05, 0) is 42.2 Å². The second-order valence-corrected chi connectivity index (χ2v) is 6.88. The molecule has 26 heavy (non-hydrogen) atoms. The van der Waals surface area contributed by atoms with Gasteiger partial charge in [0.25, 0.3) is 0 Å². The van der Waals surface area contributed by atoms with E-state index < -0.39 is 11.8 Å². The van der Waals surface area contributed by atoms with Gasteiger partial charge in [0.1, 0.15) is 5.82 Å². The van der Waals surface area contributed by atoms with E-state index in [-0.39, 0.29) is 18.0 Å². The molecule has 0 saturated heterocycles. The Morgan fingerprint density at radius 2 is 1.88 bits per heavy atom. The lowest BCUT2D eigenvalue weighted by atomic mass is 9.97. The molecule has 2 aromatic carbocycles. The van der Waals surface area contributed by atoms with Crippen LogP contribution in [-0.2, 0) is 9.53 Å². The first-order valence-electron chi connectivity index (χ1n) is 8.33. The molecule has 0 aliphatic rings. The molecule has 0 aliphatic heterocycles. The quantitative estimate of drug-likeness (QED) is 0.336. The van der Waals surface area contributed by atoms with E-state index in [2.05, 4.69) is 29.8 Å². The first kappa shape index (κ1) is 20.0. The molecular formula is C21H20BrFO3. The van der Waals surface area contributed by atoms with Gasteiger partial charge < -0.3 is 4.74 Å². The Balaban J connectivity index is 1.91. The topological polar surface area (TPSA) is 43.4 Å². The highest BCUT2D eigenvalue weighted by molar-refractivity contribution is 9.10. The number of Topliss-reactive ketones (excluding diaryl/α,β-unsaturated/α-hetero) is 1. The molecule has 0 bridgehead atoms. The monoisotopic (exact) mass is 418 g/mol. The summed E-state index contributed by atoms with van der Waals surface area (Å²) in [7, 11) is 0. The van der Waals surface area contributed by atoms with Crippen LogP contribution in [0.1, 0.15) is 47.7 Å². The van der Waals surface area contributed by atoms with Crippen LogP contribution in [0.25, 0.3) is 6.08 Å². The standard InChI is InChI=1S/C21H20BrFO3/c1-3-14(2)15-4-6-16(7-5-15)20(24)13-26-21(25)11-8-17-12-18(22)9-10-19(17)23/h4-12,14H,3,13H2,1-2H3/b11-8+/t14-/m1/s1. The van der Waals surface area contributed by atoms with Crippen LogP contribution in [0.3, 0.4) is 0 Å². The molecule has 0 aromatic heterocycles. The maximum absolute atomic E-state index is 13.6. The van der Waals surface area contributed by atoms with Crippen LogP contribution < -0.4 is 0 Å². The summed E-state index contributed by atoms with van der Waals surface area (Å²) < 4.78 is 19.2. The summed E-state index contributed by atoms with van der Waals surface area (Å²) in [5, 5.41) is 0. The fourth-order valence-electron chi connectivity index (χ4n) is 2.30. The fraction of sp³-hybridized carbons (Fsp3) is 0.238. The number of ether oxygens (including phenoxy) is 1. The van der Waals surface area contributed by atoms with Crippen LogP contribution in [0.2, 0.25) is 0 Å². The van der Waals surface area contributed by atoms with E-state index >= 15 is 0 Å². The molecule has 5 heteroatoms. The molecule has 1 atom stereocenters. The largest absolute Gasteiger partial charge is 0.454 e. The number of rotatable bonds is 7. The third kappa shape index (κ3) is 5.63. The van der Waals surface area contributed by atoms with Crippen molar-refractivity contribution in [3.63, 3.8) is 0 Å². The third-order valence-electron chi connectivity index (χ3n) is 4.12. The molecule has 0 spiro atoms. The zero-order valence-electron chi connectivity index (χ0n) is 14.7. The van der Waals surface area contributed by atoms with Gasteiger partial charge in [-0.1, -0.05) is 54.0 Å². The molecule has 136 valence electrons. The van der Waals surface area contributed by atoms with Gasteiger partial charge in [0.15, 0.2) is 12.4 Å². The predicted octanol–water partition coefficient (Wildman–Crippen LogP) is 5.54. The number of hydrogen-bond donors (Lipinski definition) is 0. The zero-order valence-corrected chi connectivity index (χ0v) is 16.3. The molecule has 0 heterocycles. The van der Waals surface area contributed by atoms with Crippen molar-refractivity contribution in [3.05, 3.63) is 75.5 Å². The lowest BCUT2D eigenvalue weighted by Gasteiger charge is -2.09. The lowest BCUT2D eigenvalue weighted by Crippen LogP contribution is -2.12. The molecule has 0 unspecified atom stereocenters. The number of carbonyl (C=O) groups is 2. The Kier molecular flexibility index (Phi) is 7.27. The van der Waals surface area contributed by atoms with Crippen LogP contribution in [0.15, 0.2) is 53.0 Å². The highest BCUT2D eigenvalue weighted by Crippen LogP contribution is 2.19. The van der Waals surface area contributed by atoms with Crippen molar-refractivity contribution in [2.75, 3.05) is 6.61 Å². The minimum absolute atomic E-state index is 0.253. The maximum Gasteiger partial charge on any atom is 0.331 e. The minimum atomic E-state index is -0.700. The zero-order chi connectivity index (χ0) is 19.1. The fourth-order valence-corrected chi connectivity index (χ4v) is 2.68. The highest BCUT2D eigenvalue weighted by atomic mass is 79.9. The summed E-state index contributed by atoms with van der Waals surface area (Å²) >= 11 is 3.24. The molecule has 0 radical (unpaired) electrons. The van der Waals surface area contributed by atoms with Gasteiger partial charge in [0.2, 0.25) is 0 Å². The summed E-state index contributed by atoms with van der Waals surface area (Å²) in [6.45, 7) is 3.88. The number of ketones is 1. The summed E-state index contributed by atoms with van der Waals surface area (Å²) in [6, 6.07) is 11.7. The number of halogens is 2. The number of esters is 1. The van der Waals surface area contributed by atoms with Crippen molar-refractivity contribution in [1.82, 2.24) is 0 Å². The van der Waals surface area contributed by atoms with E-state index in [0.29, 0.717) is 16.0 Å². The Morgan fingerprint density at radius 3 is 2.54 bits per heavy atom. The lowest BCUT2D eigenvalue weighted by molar-refractivity contribution is -0.136. The molecule has 2 aromatic rings. The van der Waals surface area contributed by atoms with Crippen molar-refractivity contribution in [2.24, 2.45) is 0 Å². The predicted molar refractivity (Wildman–Crippen MR) is 104 cm³/mol. The first-order chi connectivity index (χ1) is 12.4. The normalized spacial score (nSPS) is 12.2. The van der Waals surface area contributed by atoms with Crippen LogP contribution in [0.4, 0.5) is 4.39 Å². The smallest absolute Gasteiger partial charge is 0.331 e. The molecule has 0 saturated carbocycles. The molecular weight excluding hydrogens is 399 g/mol. The van der Waals surface area contributed by atoms with Crippen molar-refractivity contribution >= 4 is 33.8 Å². The molecule has 0 fully saturated rings. The van der Waals surface area contributed by atoms with E-state index in [1.807, 2.05) is 12.1 Å². The van der Waals surface area contributed by atoms with E-state index in [0.717, 1.165) is 12.5 Å². The van der Waals surface area contributed by atoms with Crippen LogP contribution >= 0.6 is 15.9 Å². The van der Waals surface area contributed by atoms with Gasteiger partial charge in [0.05, 0.1) is 0 Å². The average Bonchev–Trinajstić information content (AvgIpc) is 2.66. The third-order valence-corrected chi connectivity index (χ3v) is 4.61. The first-order valence-corrected chi connectivity index (χ1v) is 9.13. The summed E-state index contributed by atoms with van der Waals surface area (Å²) in [5.74, 6) is -1.000. The van der Waals surface area contributed by atoms with Gasteiger partial charge in [-0.3, -0.25) is 4.79 Å². The van der Waals surface area contributed by atoms with Crippen LogP contribution in [-0.4, -0.2) is 18.4 Å². The van der Waals surface area contributed by atoms with Gasteiger partial charge >= 0.3 is 5.97 Å². The van der Waals surface area contributed by atoms with E-state index in [1.165, 1.54) is 17.7 Å². The molecule has 3 nitrogen and oxygen atoms in total. The molecule has 0 aliphatic carbocycles. The number of carbonyl (C=O) groups excluding carboxylic acids is 2. The van der Waals surface area contributed by atoms with Crippen LogP contribution in [0, 0.1) is 5.82 Å². The summed E-state index contributed by atoms with van der Waals surface area (Å²) in [5.41, 5.74) is 1.91. The van der Waals surface area contributed by atoms with Crippen LogP contribution in [0.5, 0.6) is 0 Å². The second kappa shape index (κ2) is 9.43. The summed E-state index contributed by atoms with van der Waals surface area (Å²) in [4.78, 5) is 23.8. The molecule has 2 rings (SSSR count). The van der Waals surface area contributed by atoms with Crippen molar-refractivity contribution < 1.29 is 18.7 Å². The number of benzene rings is 2. The van der Waals surface area contributed by atoms with Gasteiger partial charge in [-0.2, -0.15) is 0 Å². The van der Waals surface area contributed by atoms with Gasteiger partial charge in [0, 0.05) is 21.7 Å². The van der Waals surface area contributed by atoms with Crippen molar-refractivity contribution in [1.29, 1.82) is 0 Å². The highest BCUT2D eigenvalue weighted by Gasteiger charge is 2.10. The Labute approximate surface area is 161 Å². The maximum atomic E-state index is 13.6. The van der Waals surface area contributed by atoms with Crippen molar-refractivity contribution in [2.45, 2.75) is 26.2 Å². The van der Waals surface area contributed by atoms with E-state index in [9.17, 15) is 14.0 Å². The van der Waals surface area contributed by atoms with E-state index in [1.54, 1.807) is 24.3 Å². The average molecular weight is 419 g/mol. The second-order valence-electron chi connectivity index (χ2n) is 5.96. The minimum Gasteiger partial charge on any atom is -0.454 e. The molecule has 0 amide bonds. The van der Waals surface area contributed by atoms with Gasteiger partial charge in [-0.15, -0.1) is 0 Å². The molecule has 0 N–H and O–H groups in total. The summed E-state index contributed by atoms with van der Waals surface area (Å²) in [6.07, 6.45) is 3.44. The SMILES string of the molecule is CC[C@@H](C)c1ccc(C(=O)COC(=O)/C=C/c2cc(Br)ccc2F)cc1. The Morgan fingerprint density at radius 1 is 1.19 bits per heavy atom.